The summed E-state index contributed by atoms with van der Waals surface area (Å²) in [7, 11) is 0. The molecule has 0 amide bonds. The van der Waals surface area contributed by atoms with Gasteiger partial charge in [-0.25, -0.2) is 0 Å². The minimum Gasteiger partial charge on any atom is -0.154 e. The van der Waals surface area contributed by atoms with Crippen molar-refractivity contribution in [3.8, 4) is 0 Å². The minimum atomic E-state index is 1.08. The predicted octanol–water partition coefficient (Wildman–Crippen LogP) is 2.23. The van der Waals surface area contributed by atoms with E-state index < -0.39 is 0 Å². The van der Waals surface area contributed by atoms with Gasteiger partial charge in [-0.15, -0.1) is 18.3 Å². The van der Waals surface area contributed by atoms with Crippen molar-refractivity contribution in [3.63, 3.8) is 0 Å². The van der Waals surface area contributed by atoms with Gasteiger partial charge in [0.15, 0.2) is 0 Å². The molecular formula is C5H10S2. The highest BCUT2D eigenvalue weighted by atomic mass is 32.2. The van der Waals surface area contributed by atoms with Gasteiger partial charge in [0.2, 0.25) is 0 Å². The van der Waals surface area contributed by atoms with Crippen LogP contribution in [0.4, 0.5) is 0 Å². The predicted molar refractivity (Wildman–Crippen MR) is 41.0 cm³/mol. The van der Waals surface area contributed by atoms with Crippen LogP contribution in [0.2, 0.25) is 0 Å². The van der Waals surface area contributed by atoms with Crippen molar-refractivity contribution < 1.29 is 0 Å². The van der Waals surface area contributed by atoms with Crippen molar-refractivity contribution >= 4 is 23.5 Å². The quantitative estimate of drug-likeness (QED) is 0.328. The van der Waals surface area contributed by atoms with Gasteiger partial charge in [-0.3, -0.25) is 0 Å². The molecule has 0 aromatic rings. The maximum absolute atomic E-state index is 3.60. The van der Waals surface area contributed by atoms with E-state index in [1.54, 1.807) is 0 Å². The van der Waals surface area contributed by atoms with E-state index in [-0.39, 0.29) is 0 Å². The number of hydrogen-bond donors (Lipinski definition) is 0. The van der Waals surface area contributed by atoms with Crippen LogP contribution in [0.5, 0.6) is 0 Å². The summed E-state index contributed by atoms with van der Waals surface area (Å²) in [6, 6.07) is 0. The fourth-order valence-corrected chi connectivity index (χ4v) is 1.43. The van der Waals surface area contributed by atoms with Crippen molar-refractivity contribution in [2.24, 2.45) is 0 Å². The fourth-order valence-electron chi connectivity index (χ4n) is 0.215. The molecule has 0 unspecified atom stereocenters. The maximum Gasteiger partial charge on any atom is 0.0392 e. The molecule has 0 aliphatic carbocycles. The van der Waals surface area contributed by atoms with Crippen molar-refractivity contribution in [1.29, 1.82) is 0 Å². The summed E-state index contributed by atoms with van der Waals surface area (Å²) in [5.74, 6) is 1.08. The number of rotatable bonds is 4. The molecule has 0 spiro atoms. The number of thioether (sulfide) groups is 2. The van der Waals surface area contributed by atoms with Crippen molar-refractivity contribution in [2.45, 2.75) is 0 Å². The van der Waals surface area contributed by atoms with Crippen LogP contribution in [-0.2, 0) is 0 Å². The van der Waals surface area contributed by atoms with Crippen LogP contribution in [0.25, 0.3) is 0 Å². The van der Waals surface area contributed by atoms with Gasteiger partial charge in [-0.2, -0.15) is 11.8 Å². The molecule has 0 fully saturated rings. The third-order valence-corrected chi connectivity index (χ3v) is 2.52. The SMILES string of the molecule is C=CCSCSC. The van der Waals surface area contributed by atoms with Crippen LogP contribution in [-0.4, -0.2) is 17.1 Å². The highest BCUT2D eigenvalue weighted by Crippen LogP contribution is 2.06. The van der Waals surface area contributed by atoms with Gasteiger partial charge in [0, 0.05) is 10.8 Å². The molecule has 0 atom stereocenters. The Morgan fingerprint density at radius 2 is 2.43 bits per heavy atom. The molecule has 2 heteroatoms. The Bertz CT molecular complexity index is 43.3. The highest BCUT2D eigenvalue weighted by Gasteiger charge is 1.77. The lowest BCUT2D eigenvalue weighted by molar-refractivity contribution is 1.81. The molecule has 0 aromatic carbocycles. The second kappa shape index (κ2) is 6.44. The Labute approximate surface area is 53.8 Å². The molecule has 0 aliphatic heterocycles. The Hall–Kier alpha value is 0.440. The smallest absolute Gasteiger partial charge is 0.0392 e. The summed E-state index contributed by atoms with van der Waals surface area (Å²) in [5.41, 5.74) is 0. The lowest BCUT2D eigenvalue weighted by Crippen LogP contribution is -1.68. The van der Waals surface area contributed by atoms with E-state index >= 15 is 0 Å². The molecule has 0 nitrogen and oxygen atoms in total. The van der Waals surface area contributed by atoms with E-state index in [0.717, 1.165) is 5.75 Å². The van der Waals surface area contributed by atoms with Gasteiger partial charge in [-0.1, -0.05) is 6.08 Å². The second-order valence-electron chi connectivity index (χ2n) is 1.07. The van der Waals surface area contributed by atoms with Crippen LogP contribution in [0.3, 0.4) is 0 Å². The molecule has 0 heterocycles. The van der Waals surface area contributed by atoms with Gasteiger partial charge in [0.05, 0.1) is 0 Å². The molecule has 0 rings (SSSR count). The zero-order valence-electron chi connectivity index (χ0n) is 4.52. The first-order valence-electron chi connectivity index (χ1n) is 2.09. The highest BCUT2D eigenvalue weighted by molar-refractivity contribution is 8.15. The zero-order chi connectivity index (χ0) is 5.54. The average molecular weight is 134 g/mol. The van der Waals surface area contributed by atoms with Gasteiger partial charge >= 0.3 is 0 Å². The summed E-state index contributed by atoms with van der Waals surface area (Å²) < 4.78 is 0. The van der Waals surface area contributed by atoms with Gasteiger partial charge in [0.1, 0.15) is 0 Å². The Morgan fingerprint density at radius 1 is 1.71 bits per heavy atom. The van der Waals surface area contributed by atoms with Crippen LogP contribution < -0.4 is 0 Å². The van der Waals surface area contributed by atoms with Crippen LogP contribution in [0, 0.1) is 0 Å². The first-order valence-corrected chi connectivity index (χ1v) is 4.64. The monoisotopic (exact) mass is 134 g/mol. The summed E-state index contributed by atoms with van der Waals surface area (Å²) in [4.78, 5) is 0. The topological polar surface area (TPSA) is 0 Å². The Balaban J connectivity index is 2.56. The van der Waals surface area contributed by atoms with Crippen molar-refractivity contribution in [2.75, 3.05) is 17.1 Å². The third-order valence-electron chi connectivity index (χ3n) is 0.437. The average Bonchev–Trinajstić information content (AvgIpc) is 1.69. The van der Waals surface area contributed by atoms with Crippen LogP contribution >= 0.6 is 23.5 Å². The fraction of sp³-hybridized carbons (Fsp3) is 0.600. The molecular weight excluding hydrogens is 124 g/mol. The van der Waals surface area contributed by atoms with E-state index in [4.69, 9.17) is 0 Å². The molecule has 0 bridgehead atoms. The first-order chi connectivity index (χ1) is 3.41. The van der Waals surface area contributed by atoms with Crippen molar-refractivity contribution in [3.05, 3.63) is 12.7 Å². The molecule has 0 aromatic heterocycles. The van der Waals surface area contributed by atoms with Crippen LogP contribution in [0.1, 0.15) is 0 Å². The summed E-state index contributed by atoms with van der Waals surface area (Å²) in [6.07, 6.45) is 4.04. The Kier molecular flexibility index (Phi) is 6.84. The summed E-state index contributed by atoms with van der Waals surface area (Å²) in [5, 5.41) is 1.19. The lowest BCUT2D eigenvalue weighted by atomic mass is 10.8. The normalized spacial score (nSPS) is 8.71. The standard InChI is InChI=1S/C5H10S2/c1-3-4-7-5-6-2/h3H,1,4-5H2,2H3. The largest absolute Gasteiger partial charge is 0.154 e. The van der Waals surface area contributed by atoms with E-state index in [1.165, 1.54) is 5.08 Å². The van der Waals surface area contributed by atoms with Gasteiger partial charge < -0.3 is 0 Å². The summed E-state index contributed by atoms with van der Waals surface area (Å²) >= 11 is 3.75. The second-order valence-corrected chi connectivity index (χ2v) is 3.33. The first kappa shape index (κ1) is 7.44. The summed E-state index contributed by atoms with van der Waals surface area (Å²) in [6.45, 7) is 3.60. The molecule has 0 saturated carbocycles. The van der Waals surface area contributed by atoms with E-state index in [9.17, 15) is 0 Å². The molecule has 0 saturated heterocycles. The number of hydrogen-bond acceptors (Lipinski definition) is 2. The molecule has 0 N–H and O–H groups in total. The third kappa shape index (κ3) is 6.44. The van der Waals surface area contributed by atoms with Crippen molar-refractivity contribution in [1.82, 2.24) is 0 Å². The maximum atomic E-state index is 3.60. The molecule has 7 heavy (non-hydrogen) atoms. The minimum absolute atomic E-state index is 1.08. The van der Waals surface area contributed by atoms with Crippen LogP contribution in [0.15, 0.2) is 12.7 Å². The molecule has 42 valence electrons. The van der Waals surface area contributed by atoms with E-state index in [0.29, 0.717) is 0 Å². The Morgan fingerprint density at radius 3 is 2.86 bits per heavy atom. The van der Waals surface area contributed by atoms with Gasteiger partial charge in [-0.05, 0) is 6.26 Å². The zero-order valence-corrected chi connectivity index (χ0v) is 6.15. The van der Waals surface area contributed by atoms with E-state index in [1.807, 2.05) is 29.6 Å². The van der Waals surface area contributed by atoms with E-state index in [2.05, 4.69) is 12.8 Å². The lowest BCUT2D eigenvalue weighted by Gasteiger charge is -1.88. The molecule has 0 radical (unpaired) electrons. The molecule has 0 aliphatic rings. The van der Waals surface area contributed by atoms with Gasteiger partial charge in [0.25, 0.3) is 0 Å².